The lowest BCUT2D eigenvalue weighted by Gasteiger charge is -2.21. The van der Waals surface area contributed by atoms with E-state index in [4.69, 9.17) is 18.6 Å². The van der Waals surface area contributed by atoms with Crippen LogP contribution >= 0.6 is 0 Å². The molecule has 8 nitrogen and oxygen atoms in total. The molecule has 0 bridgehead atoms. The number of hydrogen-bond donors (Lipinski definition) is 1. The highest BCUT2D eigenvalue weighted by Crippen LogP contribution is 2.39. The Morgan fingerprint density at radius 3 is 2.67 bits per heavy atom. The highest BCUT2D eigenvalue weighted by atomic mass is 16.5. The van der Waals surface area contributed by atoms with E-state index in [0.717, 1.165) is 12.0 Å². The summed E-state index contributed by atoms with van der Waals surface area (Å²) in [5.41, 5.74) is 0.866. The average Bonchev–Trinajstić information content (AvgIpc) is 3.46. The second kappa shape index (κ2) is 10.2. The number of methoxy groups -OCH3 is 3. The first-order valence-electron chi connectivity index (χ1n) is 9.90. The van der Waals surface area contributed by atoms with E-state index in [9.17, 15) is 9.59 Å². The van der Waals surface area contributed by atoms with Crippen LogP contribution in [0.2, 0.25) is 0 Å². The number of nitrogens with one attached hydrogen (secondary N) is 1. The normalized spacial score (nSPS) is 18.3. The van der Waals surface area contributed by atoms with Crippen LogP contribution in [0.25, 0.3) is 0 Å². The zero-order valence-electron chi connectivity index (χ0n) is 17.6. The Kier molecular flexibility index (Phi) is 7.35. The van der Waals surface area contributed by atoms with Gasteiger partial charge in [-0.2, -0.15) is 0 Å². The van der Waals surface area contributed by atoms with Crippen LogP contribution in [0.5, 0.6) is 11.5 Å². The lowest BCUT2D eigenvalue weighted by molar-refractivity contribution is -0.125. The number of rotatable bonds is 9. The lowest BCUT2D eigenvalue weighted by Crippen LogP contribution is -2.36. The highest BCUT2D eigenvalue weighted by Gasteiger charge is 2.42. The first-order valence-corrected chi connectivity index (χ1v) is 9.90. The summed E-state index contributed by atoms with van der Waals surface area (Å²) in [6, 6.07) is 8.83. The minimum atomic E-state index is -0.409. The predicted molar refractivity (Wildman–Crippen MR) is 110 cm³/mol. The summed E-state index contributed by atoms with van der Waals surface area (Å²) in [7, 11) is 4.80. The Hall–Kier alpha value is -3.00. The summed E-state index contributed by atoms with van der Waals surface area (Å²) in [5, 5.41) is 2.97. The van der Waals surface area contributed by atoms with Gasteiger partial charge in [-0.15, -0.1) is 0 Å². The Bertz CT molecular complexity index is 851. The number of furan rings is 1. The Labute approximate surface area is 176 Å². The van der Waals surface area contributed by atoms with Crippen molar-refractivity contribution in [3.05, 3.63) is 47.9 Å². The number of ether oxygens (including phenoxy) is 3. The predicted octanol–water partition coefficient (Wildman–Crippen LogP) is 2.31. The smallest absolute Gasteiger partial charge is 0.289 e. The van der Waals surface area contributed by atoms with E-state index in [1.807, 2.05) is 12.1 Å². The first kappa shape index (κ1) is 21.7. The van der Waals surface area contributed by atoms with Gasteiger partial charge in [0.2, 0.25) is 5.91 Å². The van der Waals surface area contributed by atoms with E-state index in [-0.39, 0.29) is 23.5 Å². The summed E-state index contributed by atoms with van der Waals surface area (Å²) in [6.07, 6.45) is 2.19. The van der Waals surface area contributed by atoms with Crippen LogP contribution in [0.1, 0.15) is 28.5 Å². The molecule has 1 aliphatic rings. The van der Waals surface area contributed by atoms with Crippen LogP contribution in [0, 0.1) is 5.92 Å². The fourth-order valence-corrected chi connectivity index (χ4v) is 3.79. The van der Waals surface area contributed by atoms with Crippen molar-refractivity contribution < 1.29 is 28.2 Å². The zero-order chi connectivity index (χ0) is 21.5. The zero-order valence-corrected chi connectivity index (χ0v) is 17.6. The molecular formula is C22H28N2O6. The van der Waals surface area contributed by atoms with E-state index in [0.29, 0.717) is 37.7 Å². The average molecular weight is 416 g/mol. The third-order valence-electron chi connectivity index (χ3n) is 5.34. The van der Waals surface area contributed by atoms with Gasteiger partial charge in [-0.25, -0.2) is 0 Å². The van der Waals surface area contributed by atoms with Crippen LogP contribution in [-0.4, -0.2) is 64.3 Å². The Balaban J connectivity index is 1.85. The molecule has 2 unspecified atom stereocenters. The van der Waals surface area contributed by atoms with Gasteiger partial charge in [-0.05, 0) is 24.6 Å². The molecule has 2 aromatic rings. The molecule has 3 rings (SSSR count). The van der Waals surface area contributed by atoms with Gasteiger partial charge in [0.15, 0.2) is 5.76 Å². The molecule has 1 N–H and O–H groups in total. The van der Waals surface area contributed by atoms with Gasteiger partial charge in [-0.1, -0.05) is 6.07 Å². The van der Waals surface area contributed by atoms with Crippen molar-refractivity contribution in [3.63, 3.8) is 0 Å². The first-order chi connectivity index (χ1) is 14.6. The molecule has 0 saturated carbocycles. The van der Waals surface area contributed by atoms with Crippen molar-refractivity contribution in [1.82, 2.24) is 10.2 Å². The molecule has 1 aromatic heterocycles. The van der Waals surface area contributed by atoms with Crippen LogP contribution < -0.4 is 14.8 Å². The Morgan fingerprint density at radius 2 is 2.00 bits per heavy atom. The van der Waals surface area contributed by atoms with E-state index in [1.54, 1.807) is 44.4 Å². The number of hydrogen-bond acceptors (Lipinski definition) is 6. The molecule has 1 fully saturated rings. The number of benzene rings is 1. The molecule has 2 amide bonds. The highest BCUT2D eigenvalue weighted by molar-refractivity contribution is 5.92. The Morgan fingerprint density at radius 1 is 1.17 bits per heavy atom. The third kappa shape index (κ3) is 4.76. The second-order valence-electron chi connectivity index (χ2n) is 7.15. The standard InChI is InChI=1S/C22H28N2O6/c1-27-10-5-9-23-21(25)18-14-24(22(26)19-6-4-11-30-19)13-17(18)16-8-7-15(28-2)12-20(16)29-3/h4,6-8,11-12,17-18H,5,9-10,13-14H2,1-3H3,(H,23,25). The van der Waals surface area contributed by atoms with Gasteiger partial charge in [-0.3, -0.25) is 9.59 Å². The maximum Gasteiger partial charge on any atom is 0.289 e. The van der Waals surface area contributed by atoms with Gasteiger partial charge >= 0.3 is 0 Å². The van der Waals surface area contributed by atoms with Crippen molar-refractivity contribution in [2.75, 3.05) is 47.6 Å². The number of amides is 2. The molecule has 1 saturated heterocycles. The minimum absolute atomic E-state index is 0.0938. The third-order valence-corrected chi connectivity index (χ3v) is 5.34. The summed E-state index contributed by atoms with van der Waals surface area (Å²) >= 11 is 0. The quantitative estimate of drug-likeness (QED) is 0.631. The maximum absolute atomic E-state index is 13.0. The van der Waals surface area contributed by atoms with Crippen molar-refractivity contribution in [3.8, 4) is 11.5 Å². The van der Waals surface area contributed by atoms with Crippen molar-refractivity contribution in [1.29, 1.82) is 0 Å². The summed E-state index contributed by atoms with van der Waals surface area (Å²) in [6.45, 7) is 1.78. The van der Waals surface area contributed by atoms with E-state index >= 15 is 0 Å². The van der Waals surface area contributed by atoms with Crippen LogP contribution in [-0.2, 0) is 9.53 Å². The SMILES string of the molecule is COCCCNC(=O)C1CN(C(=O)c2ccco2)CC1c1ccc(OC)cc1OC. The van der Waals surface area contributed by atoms with Crippen LogP contribution in [0.4, 0.5) is 0 Å². The number of carbonyl (C=O) groups is 2. The second-order valence-corrected chi connectivity index (χ2v) is 7.15. The van der Waals surface area contributed by atoms with Gasteiger partial charge in [0.1, 0.15) is 11.5 Å². The summed E-state index contributed by atoms with van der Waals surface area (Å²) in [5.74, 6) is 0.606. The summed E-state index contributed by atoms with van der Waals surface area (Å²) in [4.78, 5) is 27.5. The van der Waals surface area contributed by atoms with Crippen LogP contribution in [0.15, 0.2) is 41.0 Å². The number of nitrogens with zero attached hydrogens (tertiary/aromatic N) is 1. The van der Waals surface area contributed by atoms with Crippen molar-refractivity contribution in [2.24, 2.45) is 5.92 Å². The molecule has 1 aromatic carbocycles. The lowest BCUT2D eigenvalue weighted by atomic mass is 9.87. The topological polar surface area (TPSA) is 90.2 Å². The molecule has 2 atom stereocenters. The fraction of sp³-hybridized carbons (Fsp3) is 0.455. The minimum Gasteiger partial charge on any atom is -0.497 e. The molecule has 162 valence electrons. The fourth-order valence-electron chi connectivity index (χ4n) is 3.79. The summed E-state index contributed by atoms with van der Waals surface area (Å²) < 4.78 is 21.1. The number of likely N-dealkylation sites (tertiary alicyclic amines) is 1. The maximum atomic E-state index is 13.0. The van der Waals surface area contributed by atoms with Crippen molar-refractivity contribution >= 4 is 11.8 Å². The van der Waals surface area contributed by atoms with E-state index < -0.39 is 5.92 Å². The molecule has 0 spiro atoms. The molecule has 1 aliphatic heterocycles. The van der Waals surface area contributed by atoms with E-state index in [1.165, 1.54) is 6.26 Å². The van der Waals surface area contributed by atoms with Gasteiger partial charge in [0.05, 0.1) is 26.4 Å². The van der Waals surface area contributed by atoms with Gasteiger partial charge in [0.25, 0.3) is 5.91 Å². The monoisotopic (exact) mass is 416 g/mol. The molecular weight excluding hydrogens is 388 g/mol. The van der Waals surface area contributed by atoms with Gasteiger partial charge < -0.3 is 28.8 Å². The van der Waals surface area contributed by atoms with E-state index in [2.05, 4.69) is 5.32 Å². The van der Waals surface area contributed by atoms with Crippen LogP contribution in [0.3, 0.4) is 0 Å². The molecule has 8 heteroatoms. The number of carbonyl (C=O) groups excluding carboxylic acids is 2. The molecule has 2 heterocycles. The van der Waals surface area contributed by atoms with Crippen molar-refractivity contribution in [2.45, 2.75) is 12.3 Å². The van der Waals surface area contributed by atoms with Gasteiger partial charge in [0, 0.05) is 50.9 Å². The molecule has 0 radical (unpaired) electrons. The molecule has 30 heavy (non-hydrogen) atoms. The largest absolute Gasteiger partial charge is 0.497 e. The molecule has 0 aliphatic carbocycles.